The molecule has 0 bridgehead atoms. The second-order valence-corrected chi connectivity index (χ2v) is 12.8. The standard InChI is InChI=1S/C39H34N4O5S/c44-24-26-14-16-28(17-15-26)36-21-32(25-49-37-13-3-4-18-43(37)46)47-39(48-36)31-10-6-9-30(20-31)29-8-5-7-27(19-29)22-41-38(45)35-23-40-33-11-1-2-12-34(33)42-35/h1-20,23,32,36,39,44H,21-22,24-25H2,(H,41,45)/t32-,36+,39+/m0/s1. The van der Waals surface area contributed by atoms with Crippen molar-refractivity contribution in [2.24, 2.45) is 0 Å². The molecule has 3 atom stereocenters. The van der Waals surface area contributed by atoms with Gasteiger partial charge in [0.15, 0.2) is 12.5 Å². The van der Waals surface area contributed by atoms with Crippen LogP contribution in [0.25, 0.3) is 22.2 Å². The first-order chi connectivity index (χ1) is 24.0. The molecular formula is C39H34N4O5S. The van der Waals surface area contributed by atoms with Crippen LogP contribution >= 0.6 is 11.8 Å². The fourth-order valence-electron chi connectivity index (χ4n) is 5.79. The smallest absolute Gasteiger partial charge is 0.271 e. The zero-order chi connectivity index (χ0) is 33.6. The van der Waals surface area contributed by atoms with Crippen molar-refractivity contribution in [3.8, 4) is 11.1 Å². The predicted octanol–water partition coefficient (Wildman–Crippen LogP) is 6.69. The normalized spacial score (nSPS) is 17.5. The number of aromatic nitrogens is 3. The van der Waals surface area contributed by atoms with E-state index >= 15 is 0 Å². The van der Waals surface area contributed by atoms with Crippen LogP contribution < -0.4 is 10.0 Å². The quantitative estimate of drug-likeness (QED) is 0.0940. The number of carbonyl (C=O) groups is 1. The maximum Gasteiger partial charge on any atom is 0.271 e. The average molecular weight is 671 g/mol. The zero-order valence-electron chi connectivity index (χ0n) is 26.5. The number of hydrogen-bond acceptors (Lipinski definition) is 8. The summed E-state index contributed by atoms with van der Waals surface area (Å²) in [5.41, 5.74) is 7.30. The van der Waals surface area contributed by atoms with Crippen molar-refractivity contribution >= 4 is 28.7 Å². The summed E-state index contributed by atoms with van der Waals surface area (Å²) in [4.78, 5) is 21.7. The highest BCUT2D eigenvalue weighted by Gasteiger charge is 2.33. The molecule has 49 heavy (non-hydrogen) atoms. The van der Waals surface area contributed by atoms with E-state index in [9.17, 15) is 15.1 Å². The van der Waals surface area contributed by atoms with Gasteiger partial charge in [0, 0.05) is 36.4 Å². The lowest BCUT2D eigenvalue weighted by atomic mass is 9.99. The fraction of sp³-hybridized carbons (Fsp3) is 0.179. The molecule has 1 aliphatic rings. The number of benzene rings is 4. The molecule has 0 spiro atoms. The molecule has 1 amide bonds. The monoisotopic (exact) mass is 670 g/mol. The van der Waals surface area contributed by atoms with E-state index in [1.807, 2.05) is 91.0 Å². The molecule has 0 saturated carbocycles. The lowest BCUT2D eigenvalue weighted by Gasteiger charge is -2.36. The third-order valence-corrected chi connectivity index (χ3v) is 9.52. The number of nitrogens with one attached hydrogen (secondary N) is 1. The number of fused-ring (bicyclic) bond motifs is 1. The van der Waals surface area contributed by atoms with Crippen molar-refractivity contribution in [2.45, 2.75) is 43.1 Å². The van der Waals surface area contributed by atoms with E-state index < -0.39 is 6.29 Å². The van der Waals surface area contributed by atoms with Crippen LogP contribution in [-0.4, -0.2) is 32.8 Å². The molecule has 1 saturated heterocycles. The van der Waals surface area contributed by atoms with E-state index in [1.165, 1.54) is 24.2 Å². The van der Waals surface area contributed by atoms with Gasteiger partial charge >= 0.3 is 0 Å². The Balaban J connectivity index is 1.08. The molecule has 7 rings (SSSR count). The number of hydrogen-bond donors (Lipinski definition) is 2. The Morgan fingerprint density at radius 2 is 1.63 bits per heavy atom. The number of aliphatic hydroxyl groups excluding tert-OH is 1. The summed E-state index contributed by atoms with van der Waals surface area (Å²) in [6.45, 7) is 0.305. The van der Waals surface area contributed by atoms with Crippen LogP contribution in [0, 0.1) is 5.21 Å². The first-order valence-electron chi connectivity index (χ1n) is 16.0. The molecule has 0 radical (unpaired) electrons. The number of amides is 1. The maximum atomic E-state index is 12.9. The largest absolute Gasteiger partial charge is 0.618 e. The number of aliphatic hydroxyl groups is 1. The van der Waals surface area contributed by atoms with Crippen molar-refractivity contribution in [2.75, 3.05) is 5.75 Å². The zero-order valence-corrected chi connectivity index (χ0v) is 27.3. The van der Waals surface area contributed by atoms with Crippen molar-refractivity contribution in [1.29, 1.82) is 0 Å². The number of pyridine rings is 1. The third-order valence-electron chi connectivity index (χ3n) is 8.37. The number of para-hydroxylation sites is 2. The molecule has 2 aromatic heterocycles. The van der Waals surface area contributed by atoms with Gasteiger partial charge in [0.05, 0.1) is 36.0 Å². The van der Waals surface area contributed by atoms with E-state index in [-0.39, 0.29) is 30.4 Å². The molecule has 246 valence electrons. The lowest BCUT2D eigenvalue weighted by Crippen LogP contribution is -2.32. The molecule has 6 aromatic rings. The molecule has 1 fully saturated rings. The van der Waals surface area contributed by atoms with Gasteiger partial charge in [0.1, 0.15) is 5.69 Å². The molecule has 2 N–H and O–H groups in total. The highest BCUT2D eigenvalue weighted by molar-refractivity contribution is 7.99. The number of thioether (sulfide) groups is 1. The molecule has 1 aliphatic heterocycles. The average Bonchev–Trinajstić information content (AvgIpc) is 3.16. The summed E-state index contributed by atoms with van der Waals surface area (Å²) < 4.78 is 14.0. The van der Waals surface area contributed by atoms with Gasteiger partial charge in [-0.3, -0.25) is 9.78 Å². The number of rotatable bonds is 10. The van der Waals surface area contributed by atoms with E-state index in [4.69, 9.17) is 9.47 Å². The van der Waals surface area contributed by atoms with Gasteiger partial charge in [-0.05, 0) is 58.1 Å². The summed E-state index contributed by atoms with van der Waals surface area (Å²) >= 11 is 1.46. The Hall–Kier alpha value is -5.13. The minimum atomic E-state index is -0.637. The first-order valence-corrected chi connectivity index (χ1v) is 17.0. The molecule has 0 unspecified atom stereocenters. The number of ether oxygens (including phenoxy) is 2. The fourth-order valence-corrected chi connectivity index (χ4v) is 6.72. The maximum absolute atomic E-state index is 12.9. The van der Waals surface area contributed by atoms with E-state index in [0.717, 1.165) is 43.6 Å². The summed E-state index contributed by atoms with van der Waals surface area (Å²) in [6, 6.07) is 36.7. The molecule has 4 aromatic carbocycles. The lowest BCUT2D eigenvalue weighted by molar-refractivity contribution is -0.645. The van der Waals surface area contributed by atoms with E-state index in [1.54, 1.807) is 12.1 Å². The van der Waals surface area contributed by atoms with Crippen molar-refractivity contribution < 1.29 is 24.1 Å². The van der Waals surface area contributed by atoms with Gasteiger partial charge in [0.2, 0.25) is 0 Å². The van der Waals surface area contributed by atoms with Crippen LogP contribution in [0.1, 0.15) is 51.6 Å². The van der Waals surface area contributed by atoms with Gasteiger partial charge in [0.25, 0.3) is 10.9 Å². The van der Waals surface area contributed by atoms with Crippen molar-refractivity contribution in [3.63, 3.8) is 0 Å². The summed E-state index contributed by atoms with van der Waals surface area (Å²) in [7, 11) is 0. The van der Waals surface area contributed by atoms with Gasteiger partial charge < -0.3 is 25.1 Å². The predicted molar refractivity (Wildman–Crippen MR) is 187 cm³/mol. The summed E-state index contributed by atoms with van der Waals surface area (Å²) in [5, 5.41) is 25.4. The minimum absolute atomic E-state index is 0.0252. The van der Waals surface area contributed by atoms with Gasteiger partial charge in [-0.15, -0.1) is 0 Å². The second kappa shape index (κ2) is 15.0. The van der Waals surface area contributed by atoms with Crippen LogP contribution in [0.3, 0.4) is 0 Å². The topological polar surface area (TPSA) is 121 Å². The van der Waals surface area contributed by atoms with Crippen LogP contribution in [0.4, 0.5) is 0 Å². The molecule has 3 heterocycles. The third kappa shape index (κ3) is 7.79. The van der Waals surface area contributed by atoms with Crippen LogP contribution in [0.15, 0.2) is 133 Å². The van der Waals surface area contributed by atoms with Crippen LogP contribution in [0.2, 0.25) is 0 Å². The first kappa shape index (κ1) is 32.4. The minimum Gasteiger partial charge on any atom is -0.618 e. The Morgan fingerprint density at radius 3 is 2.45 bits per heavy atom. The van der Waals surface area contributed by atoms with Crippen molar-refractivity contribution in [1.82, 2.24) is 15.3 Å². The Bertz CT molecular complexity index is 2080. The van der Waals surface area contributed by atoms with Gasteiger partial charge in [-0.2, -0.15) is 4.73 Å². The molecule has 0 aliphatic carbocycles. The summed E-state index contributed by atoms with van der Waals surface area (Å²) in [6.07, 6.45) is 2.54. The van der Waals surface area contributed by atoms with E-state index in [0.29, 0.717) is 29.3 Å². The van der Waals surface area contributed by atoms with E-state index in [2.05, 4.69) is 27.4 Å². The van der Waals surface area contributed by atoms with Gasteiger partial charge in [-0.1, -0.05) is 84.6 Å². The van der Waals surface area contributed by atoms with Crippen LogP contribution in [0.5, 0.6) is 0 Å². The highest BCUT2D eigenvalue weighted by Crippen LogP contribution is 2.40. The number of nitrogens with zero attached hydrogens (tertiary/aromatic N) is 3. The highest BCUT2D eigenvalue weighted by atomic mass is 32.2. The molecular weight excluding hydrogens is 637 g/mol. The molecule has 9 nitrogen and oxygen atoms in total. The second-order valence-electron chi connectivity index (χ2n) is 11.8. The Morgan fingerprint density at radius 1 is 0.857 bits per heavy atom. The summed E-state index contributed by atoms with van der Waals surface area (Å²) in [5.74, 6) is 0.290. The van der Waals surface area contributed by atoms with Crippen molar-refractivity contribution in [3.05, 3.63) is 161 Å². The Kier molecular flexibility index (Phi) is 9.90. The van der Waals surface area contributed by atoms with Gasteiger partial charge in [-0.25, -0.2) is 4.98 Å². The Labute approximate surface area is 288 Å². The van der Waals surface area contributed by atoms with Crippen LogP contribution in [-0.2, 0) is 22.6 Å². The molecule has 10 heteroatoms. The number of carbonyl (C=O) groups excluding carboxylic acids is 1. The SMILES string of the molecule is O=C(NCc1cccc(-c2cccc([C@@H]3O[C@H](CSc4cccc[n+]4[O-])C[C@H](c4ccc(CO)cc4)O3)c2)c1)c1cnc2ccccc2n1.